The van der Waals surface area contributed by atoms with Crippen LogP contribution in [-0.4, -0.2) is 44.2 Å². The molecule has 1 aromatic carbocycles. The minimum atomic E-state index is -1.55. The van der Waals surface area contributed by atoms with Crippen LogP contribution in [0.4, 0.5) is 8.78 Å². The van der Waals surface area contributed by atoms with Gasteiger partial charge in [-0.25, -0.2) is 18.6 Å². The van der Waals surface area contributed by atoms with Crippen molar-refractivity contribution in [3.05, 3.63) is 46.7 Å². The maximum Gasteiger partial charge on any atom is 0.344 e. The van der Waals surface area contributed by atoms with E-state index in [-0.39, 0.29) is 12.1 Å². The fraction of sp³-hybridized carbons (Fsp3) is 0.375. The number of hydrogen-bond donors (Lipinski definition) is 2. The quantitative estimate of drug-likeness (QED) is 0.824. The van der Waals surface area contributed by atoms with Crippen molar-refractivity contribution in [3.8, 4) is 0 Å². The van der Waals surface area contributed by atoms with Crippen molar-refractivity contribution >= 4 is 11.9 Å². The minimum absolute atomic E-state index is 0.0660. The highest BCUT2D eigenvalue weighted by Crippen LogP contribution is 2.41. The summed E-state index contributed by atoms with van der Waals surface area (Å²) in [6.45, 7) is 1.71. The van der Waals surface area contributed by atoms with Gasteiger partial charge in [-0.2, -0.15) is 0 Å². The molecule has 1 aromatic rings. The number of hydrogen-bond acceptors (Lipinski definition) is 4. The van der Waals surface area contributed by atoms with Crippen LogP contribution in [-0.2, 0) is 16.1 Å². The number of carbonyl (C=O) groups excluding carboxylic acids is 1. The van der Waals surface area contributed by atoms with Crippen molar-refractivity contribution in [3.63, 3.8) is 0 Å². The molecule has 2 aliphatic heterocycles. The Bertz CT molecular complexity index is 764. The predicted octanol–water partition coefficient (Wildman–Crippen LogP) is 1.97. The number of carboxylic acid groups (broad SMARTS) is 1. The van der Waals surface area contributed by atoms with Crippen molar-refractivity contribution < 1.29 is 28.6 Å². The van der Waals surface area contributed by atoms with Gasteiger partial charge in [-0.3, -0.25) is 9.80 Å². The lowest BCUT2D eigenvalue weighted by molar-refractivity contribution is -0.162. The van der Waals surface area contributed by atoms with Crippen molar-refractivity contribution in [1.29, 1.82) is 0 Å². The average Bonchev–Trinajstić information content (AvgIpc) is 2.91. The topological polar surface area (TPSA) is 81.1 Å². The van der Waals surface area contributed by atoms with Crippen LogP contribution in [0.2, 0.25) is 0 Å². The Morgan fingerprint density at radius 3 is 2.75 bits per heavy atom. The molecule has 6 nitrogen and oxygen atoms in total. The number of aliphatic hydroxyl groups is 1. The van der Waals surface area contributed by atoms with Crippen LogP contribution in [0, 0.1) is 11.6 Å². The van der Waals surface area contributed by atoms with E-state index in [1.807, 2.05) is 0 Å². The van der Waals surface area contributed by atoms with E-state index in [4.69, 9.17) is 0 Å². The van der Waals surface area contributed by atoms with Crippen LogP contribution < -0.4 is 0 Å². The molecule has 0 unspecified atom stereocenters. The number of carbonyl (C=O) groups is 2. The third-order valence-electron chi connectivity index (χ3n) is 4.66. The average molecular weight is 338 g/mol. The summed E-state index contributed by atoms with van der Waals surface area (Å²) in [7, 11) is 0. The molecule has 0 saturated carbocycles. The molecule has 24 heavy (non-hydrogen) atoms. The van der Waals surface area contributed by atoms with Gasteiger partial charge in [0, 0.05) is 12.1 Å². The van der Waals surface area contributed by atoms with E-state index in [0.29, 0.717) is 19.4 Å². The largest absolute Gasteiger partial charge is 0.509 e. The number of aliphatic carboxylic acids is 1. The molecule has 0 aromatic heterocycles. The Morgan fingerprint density at radius 1 is 1.38 bits per heavy atom. The Labute approximate surface area is 136 Å². The molecular weight excluding hydrogens is 322 g/mol. The summed E-state index contributed by atoms with van der Waals surface area (Å²) in [5.41, 5.74) is -1.85. The zero-order chi connectivity index (χ0) is 17.6. The number of amides is 1. The van der Waals surface area contributed by atoms with E-state index in [1.54, 1.807) is 6.92 Å². The molecule has 2 N–H and O–H groups in total. The number of carboxylic acids is 1. The van der Waals surface area contributed by atoms with Crippen molar-refractivity contribution in [1.82, 2.24) is 10.0 Å². The van der Waals surface area contributed by atoms with Crippen LogP contribution >= 0.6 is 0 Å². The van der Waals surface area contributed by atoms with Crippen LogP contribution in [0.3, 0.4) is 0 Å². The molecular formula is C16H16F2N2O4. The van der Waals surface area contributed by atoms with Crippen LogP contribution in [0.25, 0.3) is 0 Å². The minimum Gasteiger partial charge on any atom is -0.509 e. The molecule has 0 bridgehead atoms. The van der Waals surface area contributed by atoms with Crippen LogP contribution in [0.5, 0.6) is 0 Å². The molecule has 0 spiro atoms. The summed E-state index contributed by atoms with van der Waals surface area (Å²) >= 11 is 0. The first kappa shape index (κ1) is 16.4. The summed E-state index contributed by atoms with van der Waals surface area (Å²) in [5, 5.41) is 22.2. The molecule has 0 radical (unpaired) electrons. The fourth-order valence-corrected chi connectivity index (χ4v) is 3.37. The number of benzene rings is 1. The summed E-state index contributed by atoms with van der Waals surface area (Å²) < 4.78 is 27.4. The SMILES string of the molecule is C[C@]12CCCN1N(Cc1cccc(F)c1F)C(=O)C(C(=O)O)=C2O. The molecule has 1 saturated heterocycles. The van der Waals surface area contributed by atoms with Gasteiger partial charge in [0.05, 0.1) is 12.1 Å². The lowest BCUT2D eigenvalue weighted by atomic mass is 9.91. The van der Waals surface area contributed by atoms with Gasteiger partial charge in [0.15, 0.2) is 17.2 Å². The highest BCUT2D eigenvalue weighted by atomic mass is 19.2. The van der Waals surface area contributed by atoms with Gasteiger partial charge in [-0.15, -0.1) is 0 Å². The number of fused-ring (bicyclic) bond motifs is 1. The maximum absolute atomic E-state index is 13.9. The standard InChI is InChI=1S/C16H16F2N2O4/c1-16-6-3-7-20(16)19(14(22)11(13(16)21)15(23)24)8-9-4-2-5-10(17)12(9)18/h2,4-5,21H,3,6-8H2,1H3,(H,23,24)/t16-/m1/s1. The van der Waals surface area contributed by atoms with E-state index in [0.717, 1.165) is 11.1 Å². The molecule has 1 fully saturated rings. The van der Waals surface area contributed by atoms with E-state index < -0.39 is 40.4 Å². The predicted molar refractivity (Wildman–Crippen MR) is 78.5 cm³/mol. The molecule has 1 atom stereocenters. The number of aliphatic hydroxyl groups excluding tert-OH is 1. The van der Waals surface area contributed by atoms with Gasteiger partial charge in [0.2, 0.25) is 0 Å². The first-order valence-corrected chi connectivity index (χ1v) is 7.46. The summed E-state index contributed by atoms with van der Waals surface area (Å²) in [5.74, 6) is -5.11. The van der Waals surface area contributed by atoms with E-state index in [1.165, 1.54) is 17.1 Å². The first-order chi connectivity index (χ1) is 11.3. The Balaban J connectivity index is 2.06. The van der Waals surface area contributed by atoms with E-state index in [9.17, 15) is 28.6 Å². The lowest BCUT2D eigenvalue weighted by Gasteiger charge is -2.46. The number of hydrazine groups is 1. The lowest BCUT2D eigenvalue weighted by Crippen LogP contribution is -2.60. The van der Waals surface area contributed by atoms with Gasteiger partial charge in [0.1, 0.15) is 5.76 Å². The Kier molecular flexibility index (Phi) is 3.79. The molecule has 3 rings (SSSR count). The Hall–Kier alpha value is -2.48. The summed E-state index contributed by atoms with van der Waals surface area (Å²) in [6, 6.07) is 3.61. The molecule has 128 valence electrons. The molecule has 0 aliphatic carbocycles. The summed E-state index contributed by atoms with van der Waals surface area (Å²) in [4.78, 5) is 23.9. The highest BCUT2D eigenvalue weighted by Gasteiger charge is 2.52. The smallest absolute Gasteiger partial charge is 0.344 e. The fourth-order valence-electron chi connectivity index (χ4n) is 3.37. The maximum atomic E-state index is 13.9. The van der Waals surface area contributed by atoms with Gasteiger partial charge in [-0.1, -0.05) is 12.1 Å². The van der Waals surface area contributed by atoms with Crippen LogP contribution in [0.1, 0.15) is 25.3 Å². The van der Waals surface area contributed by atoms with Gasteiger partial charge in [0.25, 0.3) is 5.91 Å². The molecule has 8 heteroatoms. The monoisotopic (exact) mass is 338 g/mol. The normalized spacial score (nSPS) is 24.5. The second-order valence-corrected chi connectivity index (χ2v) is 6.11. The second-order valence-electron chi connectivity index (χ2n) is 6.11. The van der Waals surface area contributed by atoms with Crippen LogP contribution in [0.15, 0.2) is 29.5 Å². The van der Waals surface area contributed by atoms with Gasteiger partial charge in [-0.05, 0) is 25.8 Å². The molecule has 2 aliphatic rings. The zero-order valence-corrected chi connectivity index (χ0v) is 12.9. The summed E-state index contributed by atoms with van der Waals surface area (Å²) in [6.07, 6.45) is 1.08. The highest BCUT2D eigenvalue weighted by molar-refractivity contribution is 6.16. The van der Waals surface area contributed by atoms with Crippen molar-refractivity contribution in [2.24, 2.45) is 0 Å². The third kappa shape index (κ3) is 2.25. The third-order valence-corrected chi connectivity index (χ3v) is 4.66. The zero-order valence-electron chi connectivity index (χ0n) is 12.9. The van der Waals surface area contributed by atoms with Gasteiger partial charge >= 0.3 is 5.97 Å². The van der Waals surface area contributed by atoms with Gasteiger partial charge < -0.3 is 10.2 Å². The first-order valence-electron chi connectivity index (χ1n) is 7.46. The van der Waals surface area contributed by atoms with Crippen molar-refractivity contribution in [2.45, 2.75) is 31.8 Å². The molecule has 2 heterocycles. The number of nitrogens with zero attached hydrogens (tertiary/aromatic N) is 2. The van der Waals surface area contributed by atoms with E-state index >= 15 is 0 Å². The number of rotatable bonds is 3. The number of halogens is 2. The molecule has 1 amide bonds. The Morgan fingerprint density at radius 2 is 2.08 bits per heavy atom. The second kappa shape index (κ2) is 5.55. The van der Waals surface area contributed by atoms with E-state index in [2.05, 4.69) is 0 Å². The van der Waals surface area contributed by atoms with Crippen molar-refractivity contribution in [2.75, 3.05) is 6.54 Å².